The molecule has 0 aliphatic rings. The molecule has 0 saturated carbocycles. The number of para-hydroxylation sites is 4. The second-order valence-electron chi connectivity index (χ2n) is 8.22. The SMILES string of the molecule is O=Cc1cc(N(c2ccccc2)c2ccccc2)c(C=O)cc1N(c1ccccc1)c1ccccc1. The van der Waals surface area contributed by atoms with Crippen LogP contribution < -0.4 is 9.80 Å². The largest absolute Gasteiger partial charge is 0.310 e. The molecule has 5 rings (SSSR count). The molecular weight excluding hydrogens is 444 g/mol. The highest BCUT2D eigenvalue weighted by atomic mass is 16.1. The van der Waals surface area contributed by atoms with Gasteiger partial charge in [-0.15, -0.1) is 0 Å². The number of hydrogen-bond acceptors (Lipinski definition) is 4. The fraction of sp³-hybridized carbons (Fsp3) is 0. The normalized spacial score (nSPS) is 10.4. The zero-order chi connectivity index (χ0) is 24.7. The van der Waals surface area contributed by atoms with Gasteiger partial charge >= 0.3 is 0 Å². The molecule has 36 heavy (non-hydrogen) atoms. The lowest BCUT2D eigenvalue weighted by molar-refractivity contribution is 0.111. The van der Waals surface area contributed by atoms with E-state index in [0.29, 0.717) is 22.5 Å². The lowest BCUT2D eigenvalue weighted by Crippen LogP contribution is -2.16. The first-order valence-corrected chi connectivity index (χ1v) is 11.7. The van der Waals surface area contributed by atoms with Crippen LogP contribution in [0.4, 0.5) is 34.1 Å². The van der Waals surface area contributed by atoms with E-state index in [-0.39, 0.29) is 0 Å². The van der Waals surface area contributed by atoms with Crippen LogP contribution in [0.5, 0.6) is 0 Å². The molecule has 5 aromatic rings. The van der Waals surface area contributed by atoms with Crippen LogP contribution in [-0.4, -0.2) is 12.6 Å². The molecule has 5 aromatic carbocycles. The van der Waals surface area contributed by atoms with Crippen LogP contribution in [0.15, 0.2) is 133 Å². The van der Waals surface area contributed by atoms with Crippen LogP contribution in [0.25, 0.3) is 0 Å². The van der Waals surface area contributed by atoms with Crippen molar-refractivity contribution >= 4 is 46.7 Å². The van der Waals surface area contributed by atoms with Gasteiger partial charge in [0, 0.05) is 33.9 Å². The summed E-state index contributed by atoms with van der Waals surface area (Å²) in [4.78, 5) is 29.0. The molecular formula is C32H24N2O2. The van der Waals surface area contributed by atoms with Gasteiger partial charge in [-0.25, -0.2) is 0 Å². The molecule has 0 aromatic heterocycles. The Kier molecular flexibility index (Phi) is 6.68. The van der Waals surface area contributed by atoms with Crippen molar-refractivity contribution in [3.8, 4) is 0 Å². The van der Waals surface area contributed by atoms with Gasteiger partial charge in [-0.05, 0) is 60.7 Å². The summed E-state index contributed by atoms with van der Waals surface area (Å²) < 4.78 is 0. The van der Waals surface area contributed by atoms with E-state index in [1.807, 2.05) is 131 Å². The fourth-order valence-corrected chi connectivity index (χ4v) is 4.35. The third-order valence-corrected chi connectivity index (χ3v) is 5.97. The first-order valence-electron chi connectivity index (χ1n) is 11.7. The predicted octanol–water partition coefficient (Wildman–Crippen LogP) is 8.25. The summed E-state index contributed by atoms with van der Waals surface area (Å²) >= 11 is 0. The molecule has 0 saturated heterocycles. The average molecular weight is 469 g/mol. The molecule has 0 amide bonds. The Morgan fingerprint density at radius 3 is 0.861 bits per heavy atom. The van der Waals surface area contributed by atoms with E-state index in [4.69, 9.17) is 0 Å². The van der Waals surface area contributed by atoms with Gasteiger partial charge in [0.05, 0.1) is 11.4 Å². The van der Waals surface area contributed by atoms with Crippen molar-refractivity contribution in [2.75, 3.05) is 9.80 Å². The summed E-state index contributed by atoms with van der Waals surface area (Å²) in [5.74, 6) is 0. The molecule has 4 nitrogen and oxygen atoms in total. The van der Waals surface area contributed by atoms with Crippen molar-refractivity contribution in [2.24, 2.45) is 0 Å². The number of rotatable bonds is 8. The molecule has 0 aliphatic heterocycles. The molecule has 0 bridgehead atoms. The number of aldehydes is 2. The van der Waals surface area contributed by atoms with Crippen LogP contribution in [-0.2, 0) is 0 Å². The van der Waals surface area contributed by atoms with Crippen molar-refractivity contribution in [1.82, 2.24) is 0 Å². The van der Waals surface area contributed by atoms with Gasteiger partial charge in [0.25, 0.3) is 0 Å². The minimum Gasteiger partial charge on any atom is -0.310 e. The Labute approximate surface area is 210 Å². The average Bonchev–Trinajstić information content (AvgIpc) is 2.96. The molecule has 0 aliphatic carbocycles. The van der Waals surface area contributed by atoms with Gasteiger partial charge in [-0.1, -0.05) is 72.8 Å². The number of anilines is 6. The van der Waals surface area contributed by atoms with Gasteiger partial charge < -0.3 is 9.80 Å². The molecule has 0 unspecified atom stereocenters. The van der Waals surface area contributed by atoms with E-state index in [0.717, 1.165) is 35.3 Å². The monoisotopic (exact) mass is 468 g/mol. The first kappa shape index (κ1) is 22.8. The molecule has 0 atom stereocenters. The van der Waals surface area contributed by atoms with E-state index in [2.05, 4.69) is 0 Å². The molecule has 0 radical (unpaired) electrons. The zero-order valence-electron chi connectivity index (χ0n) is 19.6. The standard InChI is InChI=1S/C32H24N2O2/c35-23-25-22-32(34(29-17-9-3-10-18-29)30-19-11-4-12-20-30)26(24-36)21-31(25)33(27-13-5-1-6-14-27)28-15-7-2-8-16-28/h1-24H. The molecule has 0 spiro atoms. The van der Waals surface area contributed by atoms with Gasteiger partial charge in [0.2, 0.25) is 0 Å². The Bertz CT molecular complexity index is 1260. The summed E-state index contributed by atoms with van der Waals surface area (Å²) in [6, 6.07) is 42.9. The summed E-state index contributed by atoms with van der Waals surface area (Å²) in [5.41, 5.74) is 5.77. The van der Waals surface area contributed by atoms with E-state index >= 15 is 0 Å². The number of hydrogen-bond donors (Lipinski definition) is 0. The van der Waals surface area contributed by atoms with Crippen LogP contribution in [0.1, 0.15) is 20.7 Å². The number of carbonyl (C=O) groups is 2. The van der Waals surface area contributed by atoms with E-state index in [9.17, 15) is 9.59 Å². The van der Waals surface area contributed by atoms with Crippen LogP contribution in [0.2, 0.25) is 0 Å². The Morgan fingerprint density at radius 1 is 0.389 bits per heavy atom. The highest BCUT2D eigenvalue weighted by Gasteiger charge is 2.22. The maximum absolute atomic E-state index is 12.5. The third-order valence-electron chi connectivity index (χ3n) is 5.97. The van der Waals surface area contributed by atoms with Gasteiger partial charge in [-0.2, -0.15) is 0 Å². The Hall–Kier alpha value is -4.96. The molecule has 0 fully saturated rings. The second-order valence-corrected chi connectivity index (χ2v) is 8.22. The highest BCUT2D eigenvalue weighted by Crippen LogP contribution is 2.42. The highest BCUT2D eigenvalue weighted by molar-refractivity contribution is 5.99. The summed E-state index contributed by atoms with van der Waals surface area (Å²) in [6.45, 7) is 0. The predicted molar refractivity (Wildman–Crippen MR) is 147 cm³/mol. The Balaban J connectivity index is 1.75. The maximum atomic E-state index is 12.5. The smallest absolute Gasteiger partial charge is 0.152 e. The Morgan fingerprint density at radius 2 is 0.639 bits per heavy atom. The minimum atomic E-state index is 0.472. The summed E-state index contributed by atoms with van der Waals surface area (Å²) in [5, 5.41) is 0. The fourth-order valence-electron chi connectivity index (χ4n) is 4.35. The quantitative estimate of drug-likeness (QED) is 0.215. The van der Waals surface area contributed by atoms with Gasteiger partial charge in [0.1, 0.15) is 0 Å². The lowest BCUT2D eigenvalue weighted by atomic mass is 10.0. The maximum Gasteiger partial charge on any atom is 0.152 e. The van der Waals surface area contributed by atoms with Crippen molar-refractivity contribution in [1.29, 1.82) is 0 Å². The number of benzene rings is 5. The number of nitrogens with zero attached hydrogens (tertiary/aromatic N) is 2. The number of carbonyl (C=O) groups excluding carboxylic acids is 2. The first-order chi connectivity index (χ1) is 17.8. The van der Waals surface area contributed by atoms with Crippen molar-refractivity contribution in [3.05, 3.63) is 145 Å². The summed E-state index contributed by atoms with van der Waals surface area (Å²) in [6.07, 6.45) is 1.70. The van der Waals surface area contributed by atoms with Crippen molar-refractivity contribution in [3.63, 3.8) is 0 Å². The van der Waals surface area contributed by atoms with Gasteiger partial charge in [0.15, 0.2) is 12.6 Å². The zero-order valence-corrected chi connectivity index (χ0v) is 19.6. The van der Waals surface area contributed by atoms with Gasteiger partial charge in [-0.3, -0.25) is 9.59 Å². The van der Waals surface area contributed by atoms with E-state index in [1.54, 1.807) is 12.1 Å². The molecule has 4 heteroatoms. The van der Waals surface area contributed by atoms with E-state index < -0.39 is 0 Å². The molecule has 174 valence electrons. The van der Waals surface area contributed by atoms with Crippen LogP contribution in [0, 0.1) is 0 Å². The topological polar surface area (TPSA) is 40.6 Å². The minimum absolute atomic E-state index is 0.472. The third kappa shape index (κ3) is 4.52. The van der Waals surface area contributed by atoms with Crippen molar-refractivity contribution in [2.45, 2.75) is 0 Å². The molecule has 0 heterocycles. The summed E-state index contributed by atoms with van der Waals surface area (Å²) in [7, 11) is 0. The second kappa shape index (κ2) is 10.5. The molecule has 0 N–H and O–H groups in total. The van der Waals surface area contributed by atoms with Crippen molar-refractivity contribution < 1.29 is 9.59 Å². The lowest BCUT2D eigenvalue weighted by Gasteiger charge is -2.30. The van der Waals surface area contributed by atoms with Crippen LogP contribution in [0.3, 0.4) is 0 Å². The van der Waals surface area contributed by atoms with E-state index in [1.165, 1.54) is 0 Å². The van der Waals surface area contributed by atoms with Crippen LogP contribution >= 0.6 is 0 Å².